The van der Waals surface area contributed by atoms with E-state index in [1.54, 1.807) is 11.3 Å². The number of nitrogens with two attached hydrogens (primary N) is 1. The van der Waals surface area contributed by atoms with Crippen LogP contribution in [0.5, 0.6) is 0 Å². The molecule has 0 radical (unpaired) electrons. The highest BCUT2D eigenvalue weighted by Gasteiger charge is 2.28. The largest absolute Gasteiger partial charge is 0.326 e. The molecule has 3 unspecified atom stereocenters. The Morgan fingerprint density at radius 3 is 2.65 bits per heavy atom. The zero-order chi connectivity index (χ0) is 14.5. The summed E-state index contributed by atoms with van der Waals surface area (Å²) in [5, 5.41) is 2.12. The van der Waals surface area contributed by atoms with Crippen LogP contribution < -0.4 is 5.73 Å². The van der Waals surface area contributed by atoms with Crippen molar-refractivity contribution in [3.63, 3.8) is 0 Å². The molecule has 4 heteroatoms. The second-order valence-corrected chi connectivity index (χ2v) is 6.11. The Kier molecular flexibility index (Phi) is 5.29. The first kappa shape index (κ1) is 15.2. The molecule has 0 bridgehead atoms. The van der Waals surface area contributed by atoms with E-state index >= 15 is 0 Å². The lowest BCUT2D eigenvalue weighted by Crippen LogP contribution is -2.40. The summed E-state index contributed by atoms with van der Waals surface area (Å²) in [6, 6.07) is 10.9. The lowest BCUT2D eigenvalue weighted by Gasteiger charge is -2.35. The molecule has 0 fully saturated rings. The minimum absolute atomic E-state index is 0.0808. The van der Waals surface area contributed by atoms with Crippen LogP contribution in [0.4, 0.5) is 0 Å². The monoisotopic (exact) mass is 289 g/mol. The third-order valence-corrected chi connectivity index (χ3v) is 4.91. The third kappa shape index (κ3) is 3.26. The zero-order valence-electron chi connectivity index (χ0n) is 12.4. The van der Waals surface area contributed by atoms with E-state index in [1.807, 2.05) is 18.3 Å². The van der Waals surface area contributed by atoms with E-state index in [-0.39, 0.29) is 12.1 Å². The van der Waals surface area contributed by atoms with E-state index in [0.717, 1.165) is 12.1 Å². The van der Waals surface area contributed by atoms with Gasteiger partial charge in [-0.1, -0.05) is 19.1 Å². The quantitative estimate of drug-likeness (QED) is 0.883. The molecule has 0 aliphatic rings. The topological polar surface area (TPSA) is 42.1 Å². The summed E-state index contributed by atoms with van der Waals surface area (Å²) >= 11 is 1.79. The van der Waals surface area contributed by atoms with Crippen LogP contribution in [0.25, 0.3) is 0 Å². The summed E-state index contributed by atoms with van der Waals surface area (Å²) in [5.74, 6) is 0. The Hall–Kier alpha value is -1.23. The molecule has 2 aromatic rings. The number of rotatable bonds is 6. The van der Waals surface area contributed by atoms with Crippen molar-refractivity contribution in [2.75, 3.05) is 7.05 Å². The Morgan fingerprint density at radius 2 is 2.10 bits per heavy atom. The molecule has 0 saturated carbocycles. The maximum atomic E-state index is 6.36. The van der Waals surface area contributed by atoms with Crippen molar-refractivity contribution in [2.24, 2.45) is 5.73 Å². The maximum Gasteiger partial charge on any atom is 0.0676 e. The molecule has 2 heterocycles. The van der Waals surface area contributed by atoms with Gasteiger partial charge in [-0.2, -0.15) is 0 Å². The molecule has 0 aliphatic carbocycles. The molecule has 2 N–H and O–H groups in total. The zero-order valence-corrected chi connectivity index (χ0v) is 13.2. The fraction of sp³-hybridized carbons (Fsp3) is 0.438. The van der Waals surface area contributed by atoms with Gasteiger partial charge in [-0.15, -0.1) is 11.3 Å². The Labute approximate surface area is 125 Å². The van der Waals surface area contributed by atoms with E-state index in [4.69, 9.17) is 5.73 Å². The SMILES string of the molecule is CCC(N)C(c1ccccn1)N(C)C(C)c1cccs1. The molecule has 3 nitrogen and oxygen atoms in total. The van der Waals surface area contributed by atoms with Gasteiger partial charge in [0.05, 0.1) is 11.7 Å². The molecule has 0 aromatic carbocycles. The standard InChI is InChI=1S/C16H23N3S/c1-4-13(17)16(14-8-5-6-10-18-14)19(3)12(2)15-9-7-11-20-15/h5-13,16H,4,17H2,1-3H3. The molecule has 2 rings (SSSR count). The maximum absolute atomic E-state index is 6.36. The van der Waals surface area contributed by atoms with Gasteiger partial charge in [-0.3, -0.25) is 9.88 Å². The van der Waals surface area contributed by atoms with Gasteiger partial charge in [-0.25, -0.2) is 0 Å². The summed E-state index contributed by atoms with van der Waals surface area (Å²) in [7, 11) is 2.14. The molecule has 3 atom stereocenters. The first-order chi connectivity index (χ1) is 9.65. The lowest BCUT2D eigenvalue weighted by molar-refractivity contribution is 0.157. The fourth-order valence-corrected chi connectivity index (χ4v) is 3.31. The number of likely N-dealkylation sites (N-methyl/N-ethyl adjacent to an activating group) is 1. The second kappa shape index (κ2) is 6.97. The van der Waals surface area contributed by atoms with E-state index in [0.29, 0.717) is 6.04 Å². The van der Waals surface area contributed by atoms with Crippen molar-refractivity contribution in [1.29, 1.82) is 0 Å². The van der Waals surface area contributed by atoms with Crippen LogP contribution in [0.2, 0.25) is 0 Å². The van der Waals surface area contributed by atoms with Gasteiger partial charge in [-0.05, 0) is 44.0 Å². The average Bonchev–Trinajstić information content (AvgIpc) is 3.01. The molecular formula is C16H23N3S. The van der Waals surface area contributed by atoms with Gasteiger partial charge in [0.1, 0.15) is 0 Å². The van der Waals surface area contributed by atoms with E-state index in [2.05, 4.69) is 54.4 Å². The smallest absolute Gasteiger partial charge is 0.0676 e. The number of pyridine rings is 1. The van der Waals surface area contributed by atoms with Crippen molar-refractivity contribution in [2.45, 2.75) is 38.4 Å². The molecule has 0 saturated heterocycles. The minimum atomic E-state index is 0.0808. The average molecular weight is 289 g/mol. The van der Waals surface area contributed by atoms with Crippen LogP contribution in [-0.2, 0) is 0 Å². The normalized spacial score (nSPS) is 16.1. The van der Waals surface area contributed by atoms with Gasteiger partial charge < -0.3 is 5.73 Å². The van der Waals surface area contributed by atoms with E-state index < -0.39 is 0 Å². The third-order valence-electron chi connectivity index (χ3n) is 3.87. The van der Waals surface area contributed by atoms with Crippen LogP contribution in [0.1, 0.15) is 42.9 Å². The van der Waals surface area contributed by atoms with Crippen molar-refractivity contribution in [3.05, 3.63) is 52.5 Å². The second-order valence-electron chi connectivity index (χ2n) is 5.13. The van der Waals surface area contributed by atoms with Crippen LogP contribution in [0.3, 0.4) is 0 Å². The predicted octanol–water partition coefficient (Wildman–Crippen LogP) is 3.61. The molecule has 108 valence electrons. The van der Waals surface area contributed by atoms with E-state index in [9.17, 15) is 0 Å². The number of hydrogen-bond donors (Lipinski definition) is 1. The van der Waals surface area contributed by atoms with Gasteiger partial charge in [0.2, 0.25) is 0 Å². The van der Waals surface area contributed by atoms with Crippen LogP contribution in [0, 0.1) is 0 Å². The number of hydrogen-bond acceptors (Lipinski definition) is 4. The highest BCUT2D eigenvalue weighted by atomic mass is 32.1. The minimum Gasteiger partial charge on any atom is -0.326 e. The van der Waals surface area contributed by atoms with Crippen LogP contribution >= 0.6 is 11.3 Å². The first-order valence-corrected chi connectivity index (χ1v) is 7.95. The van der Waals surface area contributed by atoms with Crippen LogP contribution in [0.15, 0.2) is 41.9 Å². The highest BCUT2D eigenvalue weighted by molar-refractivity contribution is 7.10. The van der Waals surface area contributed by atoms with Crippen molar-refractivity contribution in [1.82, 2.24) is 9.88 Å². The number of thiophene rings is 1. The molecule has 20 heavy (non-hydrogen) atoms. The number of nitrogens with zero attached hydrogens (tertiary/aromatic N) is 2. The molecule has 0 spiro atoms. The van der Waals surface area contributed by atoms with Crippen molar-refractivity contribution >= 4 is 11.3 Å². The summed E-state index contributed by atoms with van der Waals surface area (Å²) in [6.07, 6.45) is 2.77. The fourth-order valence-electron chi connectivity index (χ4n) is 2.47. The summed E-state index contributed by atoms with van der Waals surface area (Å²) < 4.78 is 0. The highest BCUT2D eigenvalue weighted by Crippen LogP contribution is 2.32. The van der Waals surface area contributed by atoms with Crippen molar-refractivity contribution in [3.8, 4) is 0 Å². The summed E-state index contributed by atoms with van der Waals surface area (Å²) in [5.41, 5.74) is 7.41. The van der Waals surface area contributed by atoms with Gasteiger partial charge in [0.15, 0.2) is 0 Å². The summed E-state index contributed by atoms with van der Waals surface area (Å²) in [6.45, 7) is 4.36. The van der Waals surface area contributed by atoms with Crippen molar-refractivity contribution < 1.29 is 0 Å². The Bertz CT molecular complexity index is 498. The van der Waals surface area contributed by atoms with Gasteiger partial charge >= 0.3 is 0 Å². The number of aromatic nitrogens is 1. The van der Waals surface area contributed by atoms with Gasteiger partial charge in [0, 0.05) is 23.2 Å². The predicted molar refractivity (Wildman–Crippen MR) is 85.7 cm³/mol. The Morgan fingerprint density at radius 1 is 1.30 bits per heavy atom. The molecule has 0 aliphatic heterocycles. The molecule has 2 aromatic heterocycles. The Balaban J connectivity index is 2.27. The van der Waals surface area contributed by atoms with E-state index in [1.165, 1.54) is 4.88 Å². The summed E-state index contributed by atoms with van der Waals surface area (Å²) in [4.78, 5) is 8.21. The molecular weight excluding hydrogens is 266 g/mol. The lowest BCUT2D eigenvalue weighted by atomic mass is 9.99. The molecule has 0 amide bonds. The van der Waals surface area contributed by atoms with Gasteiger partial charge in [0.25, 0.3) is 0 Å². The van der Waals surface area contributed by atoms with Crippen LogP contribution in [-0.4, -0.2) is 23.0 Å². The first-order valence-electron chi connectivity index (χ1n) is 7.07.